The zero-order chi connectivity index (χ0) is 14.5. The van der Waals surface area contributed by atoms with Crippen LogP contribution in [0.25, 0.3) is 0 Å². The summed E-state index contributed by atoms with van der Waals surface area (Å²) in [6.45, 7) is 1.21. The largest absolute Gasteiger partial charge is 0.497 e. The van der Waals surface area contributed by atoms with Crippen molar-refractivity contribution in [3.05, 3.63) is 53.5 Å². The minimum atomic E-state index is -1.04. The first-order chi connectivity index (χ1) is 9.60. The number of carbonyl (C=O) groups is 1. The Hall–Kier alpha value is -2.27. The Morgan fingerprint density at radius 2 is 2.15 bits per heavy atom. The summed E-state index contributed by atoms with van der Waals surface area (Å²) >= 11 is 0. The average molecular weight is 275 g/mol. The number of aromatic carboxylic acids is 1. The molecule has 0 radical (unpaired) electrons. The van der Waals surface area contributed by atoms with Crippen LogP contribution in [0.3, 0.4) is 0 Å². The second-order valence-corrected chi connectivity index (χ2v) is 4.60. The third kappa shape index (κ3) is 3.39. The molecule has 0 aliphatic carbocycles. The molecule has 0 saturated heterocycles. The Morgan fingerprint density at radius 1 is 1.35 bits per heavy atom. The highest BCUT2D eigenvalue weighted by Gasteiger charge is 2.15. The number of rotatable bonds is 6. The molecule has 0 aliphatic rings. The molecule has 1 aromatic heterocycles. The Bertz CT molecular complexity index is 591. The summed E-state index contributed by atoms with van der Waals surface area (Å²) in [5, 5.41) is 9.00. The molecule has 1 aromatic carbocycles. The Labute approximate surface area is 117 Å². The lowest BCUT2D eigenvalue weighted by atomic mass is 10.2. The van der Waals surface area contributed by atoms with Crippen molar-refractivity contribution in [3.8, 4) is 5.75 Å². The van der Waals surface area contributed by atoms with E-state index in [2.05, 4.69) is 0 Å². The normalized spacial score (nSPS) is 10.8. The standard InChI is InChI=1S/C15H17NO4/c1-16(9-11-4-3-5-13(8-11)19-2)10-12-6-7-20-14(12)15(17)18/h3-8H,9-10H2,1-2H3,(H,17,18). The van der Waals surface area contributed by atoms with Crippen molar-refractivity contribution in [2.75, 3.05) is 14.2 Å². The SMILES string of the molecule is COc1cccc(CN(C)Cc2ccoc2C(=O)O)c1. The predicted octanol–water partition coefficient (Wildman–Crippen LogP) is 2.62. The minimum Gasteiger partial charge on any atom is -0.497 e. The maximum atomic E-state index is 11.0. The van der Waals surface area contributed by atoms with Crippen molar-refractivity contribution >= 4 is 5.97 Å². The van der Waals surface area contributed by atoms with Crippen molar-refractivity contribution in [1.29, 1.82) is 0 Å². The van der Waals surface area contributed by atoms with Gasteiger partial charge in [0, 0.05) is 18.7 Å². The third-order valence-electron chi connectivity index (χ3n) is 2.97. The van der Waals surface area contributed by atoms with Crippen molar-refractivity contribution in [2.45, 2.75) is 13.1 Å². The van der Waals surface area contributed by atoms with Gasteiger partial charge in [-0.1, -0.05) is 12.1 Å². The fraction of sp³-hybridized carbons (Fsp3) is 0.267. The number of carboxylic acids is 1. The van der Waals surface area contributed by atoms with Gasteiger partial charge in [-0.25, -0.2) is 4.79 Å². The van der Waals surface area contributed by atoms with Gasteiger partial charge < -0.3 is 14.3 Å². The summed E-state index contributed by atoms with van der Waals surface area (Å²) in [7, 11) is 3.56. The number of nitrogens with zero attached hydrogens (tertiary/aromatic N) is 1. The van der Waals surface area contributed by atoms with Crippen LogP contribution in [0.5, 0.6) is 5.75 Å². The number of benzene rings is 1. The maximum absolute atomic E-state index is 11.0. The quantitative estimate of drug-likeness (QED) is 0.878. The van der Waals surface area contributed by atoms with Gasteiger partial charge in [-0.2, -0.15) is 0 Å². The molecule has 1 N–H and O–H groups in total. The molecule has 0 amide bonds. The van der Waals surface area contributed by atoms with Crippen molar-refractivity contribution < 1.29 is 19.1 Å². The molecule has 0 aliphatic heterocycles. The fourth-order valence-corrected chi connectivity index (χ4v) is 2.08. The monoisotopic (exact) mass is 275 g/mol. The molecular weight excluding hydrogens is 258 g/mol. The summed E-state index contributed by atoms with van der Waals surface area (Å²) in [5.74, 6) is -0.229. The highest BCUT2D eigenvalue weighted by atomic mass is 16.5. The van der Waals surface area contributed by atoms with Crippen LogP contribution < -0.4 is 4.74 Å². The Balaban J connectivity index is 2.03. The molecule has 2 aromatic rings. The van der Waals surface area contributed by atoms with Crippen LogP contribution >= 0.6 is 0 Å². The lowest BCUT2D eigenvalue weighted by Crippen LogP contribution is -2.18. The summed E-state index contributed by atoms with van der Waals surface area (Å²) in [5.41, 5.74) is 1.77. The van der Waals surface area contributed by atoms with Crippen LogP contribution in [0.15, 0.2) is 41.0 Å². The van der Waals surface area contributed by atoms with Crippen molar-refractivity contribution in [3.63, 3.8) is 0 Å². The lowest BCUT2D eigenvalue weighted by Gasteiger charge is -2.16. The van der Waals surface area contributed by atoms with Gasteiger partial charge in [0.25, 0.3) is 0 Å². The number of hydrogen-bond acceptors (Lipinski definition) is 4. The molecule has 5 nitrogen and oxygen atoms in total. The molecule has 0 fully saturated rings. The predicted molar refractivity (Wildman–Crippen MR) is 73.8 cm³/mol. The third-order valence-corrected chi connectivity index (χ3v) is 2.97. The smallest absolute Gasteiger partial charge is 0.372 e. The molecule has 1 heterocycles. The minimum absolute atomic E-state index is 0.00231. The van der Waals surface area contributed by atoms with E-state index < -0.39 is 5.97 Å². The molecule has 2 rings (SSSR count). The van der Waals surface area contributed by atoms with E-state index in [1.165, 1.54) is 6.26 Å². The molecule has 0 unspecified atom stereocenters. The van der Waals surface area contributed by atoms with Crippen molar-refractivity contribution in [2.24, 2.45) is 0 Å². The van der Waals surface area contributed by atoms with E-state index in [0.717, 1.165) is 11.3 Å². The molecule has 5 heteroatoms. The van der Waals surface area contributed by atoms with E-state index in [4.69, 9.17) is 14.3 Å². The first-order valence-electron chi connectivity index (χ1n) is 6.21. The molecule has 0 saturated carbocycles. The van der Waals surface area contributed by atoms with Gasteiger partial charge in [-0.05, 0) is 30.8 Å². The van der Waals surface area contributed by atoms with Gasteiger partial charge in [0.05, 0.1) is 13.4 Å². The van der Waals surface area contributed by atoms with E-state index >= 15 is 0 Å². The second kappa shape index (κ2) is 6.25. The zero-order valence-electron chi connectivity index (χ0n) is 11.5. The van der Waals surface area contributed by atoms with Gasteiger partial charge in [0.15, 0.2) is 0 Å². The highest BCUT2D eigenvalue weighted by Crippen LogP contribution is 2.17. The lowest BCUT2D eigenvalue weighted by molar-refractivity contribution is 0.0659. The maximum Gasteiger partial charge on any atom is 0.372 e. The summed E-state index contributed by atoms with van der Waals surface area (Å²) in [6, 6.07) is 9.48. The molecule has 0 atom stereocenters. The van der Waals surface area contributed by atoms with E-state index in [1.807, 2.05) is 36.2 Å². The summed E-state index contributed by atoms with van der Waals surface area (Å²) < 4.78 is 10.1. The first kappa shape index (κ1) is 14.1. The van der Waals surface area contributed by atoms with Crippen LogP contribution in [-0.4, -0.2) is 30.1 Å². The zero-order valence-corrected chi connectivity index (χ0v) is 11.5. The first-order valence-corrected chi connectivity index (χ1v) is 6.21. The van der Waals surface area contributed by atoms with E-state index in [-0.39, 0.29) is 5.76 Å². The van der Waals surface area contributed by atoms with Crippen LogP contribution in [0.4, 0.5) is 0 Å². The summed E-state index contributed by atoms with van der Waals surface area (Å²) in [4.78, 5) is 13.0. The molecule has 20 heavy (non-hydrogen) atoms. The van der Waals surface area contributed by atoms with Crippen LogP contribution in [0.1, 0.15) is 21.7 Å². The van der Waals surface area contributed by atoms with Gasteiger partial charge >= 0.3 is 5.97 Å². The highest BCUT2D eigenvalue weighted by molar-refractivity contribution is 5.86. The summed E-state index contributed by atoms with van der Waals surface area (Å²) in [6.07, 6.45) is 1.40. The molecular formula is C15H17NO4. The number of furan rings is 1. The van der Waals surface area contributed by atoms with Gasteiger partial charge in [0.1, 0.15) is 5.75 Å². The van der Waals surface area contributed by atoms with E-state index in [1.54, 1.807) is 13.2 Å². The fourth-order valence-electron chi connectivity index (χ4n) is 2.08. The van der Waals surface area contributed by atoms with E-state index in [0.29, 0.717) is 18.7 Å². The molecule has 106 valence electrons. The number of ether oxygens (including phenoxy) is 1. The number of hydrogen-bond donors (Lipinski definition) is 1. The number of carboxylic acid groups (broad SMARTS) is 1. The number of methoxy groups -OCH3 is 1. The Morgan fingerprint density at radius 3 is 2.85 bits per heavy atom. The van der Waals surface area contributed by atoms with Gasteiger partial charge in [0.2, 0.25) is 5.76 Å². The van der Waals surface area contributed by atoms with Gasteiger partial charge in [-0.15, -0.1) is 0 Å². The van der Waals surface area contributed by atoms with Crippen LogP contribution in [0.2, 0.25) is 0 Å². The molecule has 0 spiro atoms. The molecule has 0 bridgehead atoms. The van der Waals surface area contributed by atoms with Crippen molar-refractivity contribution in [1.82, 2.24) is 4.90 Å². The Kier molecular flexibility index (Phi) is 4.42. The van der Waals surface area contributed by atoms with Gasteiger partial charge in [-0.3, -0.25) is 4.90 Å². The topological polar surface area (TPSA) is 62.9 Å². The van der Waals surface area contributed by atoms with Crippen LogP contribution in [0, 0.1) is 0 Å². The van der Waals surface area contributed by atoms with E-state index in [9.17, 15) is 4.79 Å². The average Bonchev–Trinajstić information content (AvgIpc) is 2.87. The second-order valence-electron chi connectivity index (χ2n) is 4.60. The van der Waals surface area contributed by atoms with Crippen LogP contribution in [-0.2, 0) is 13.1 Å².